The lowest BCUT2D eigenvalue weighted by Gasteiger charge is -2.36. The van der Waals surface area contributed by atoms with E-state index in [9.17, 15) is 23.9 Å². The van der Waals surface area contributed by atoms with E-state index < -0.39 is 17.2 Å². The number of fused-ring (bicyclic) bond motifs is 1. The Morgan fingerprint density at radius 3 is 2.44 bits per heavy atom. The molecule has 7 nitrogen and oxygen atoms in total. The number of carbonyl (C=O) groups is 2. The fourth-order valence-electron chi connectivity index (χ4n) is 4.17. The Bertz CT molecular complexity index is 1280. The lowest BCUT2D eigenvalue weighted by Crippen LogP contribution is -2.49. The van der Waals surface area contributed by atoms with Gasteiger partial charge in [-0.2, -0.15) is 0 Å². The van der Waals surface area contributed by atoms with Gasteiger partial charge in [-0.25, -0.2) is 9.18 Å². The number of amides is 1. The Morgan fingerprint density at radius 1 is 1.09 bits per heavy atom. The fourth-order valence-corrected chi connectivity index (χ4v) is 4.17. The second-order valence-corrected chi connectivity index (χ2v) is 7.93. The molecule has 32 heavy (non-hydrogen) atoms. The van der Waals surface area contributed by atoms with Crippen molar-refractivity contribution in [3.8, 4) is 0 Å². The minimum atomic E-state index is -1.34. The number of nitrogens with zero attached hydrogens (tertiary/aromatic N) is 3. The third-order valence-corrected chi connectivity index (χ3v) is 5.89. The Balaban J connectivity index is 1.61. The van der Waals surface area contributed by atoms with E-state index in [4.69, 9.17) is 0 Å². The number of rotatable bonds is 4. The average molecular weight is 437 g/mol. The number of halogens is 1. The Morgan fingerprint density at radius 2 is 1.81 bits per heavy atom. The van der Waals surface area contributed by atoms with Crippen molar-refractivity contribution in [2.45, 2.75) is 20.4 Å². The van der Waals surface area contributed by atoms with Gasteiger partial charge in [0, 0.05) is 49.9 Å². The van der Waals surface area contributed by atoms with Gasteiger partial charge in [0.25, 0.3) is 5.91 Å². The van der Waals surface area contributed by atoms with Crippen molar-refractivity contribution in [2.75, 3.05) is 31.1 Å². The van der Waals surface area contributed by atoms with Crippen LogP contribution in [-0.4, -0.2) is 52.6 Å². The number of piperazine rings is 1. The topological polar surface area (TPSA) is 82.8 Å². The molecular weight excluding hydrogens is 413 g/mol. The number of aromatic nitrogens is 1. The van der Waals surface area contributed by atoms with Crippen molar-refractivity contribution in [1.82, 2.24) is 9.47 Å². The van der Waals surface area contributed by atoms with E-state index in [0.717, 1.165) is 11.6 Å². The summed E-state index contributed by atoms with van der Waals surface area (Å²) in [6.07, 6.45) is 1.30. The van der Waals surface area contributed by atoms with Crippen LogP contribution in [-0.2, 0) is 6.54 Å². The molecule has 8 heteroatoms. The van der Waals surface area contributed by atoms with Crippen LogP contribution in [0.2, 0.25) is 0 Å². The Labute approximate surface area is 184 Å². The highest BCUT2D eigenvalue weighted by Gasteiger charge is 2.25. The number of pyridine rings is 1. The van der Waals surface area contributed by atoms with Crippen LogP contribution in [0.5, 0.6) is 0 Å². The molecule has 1 amide bonds. The molecule has 1 aromatic heterocycles. The van der Waals surface area contributed by atoms with Gasteiger partial charge >= 0.3 is 5.97 Å². The van der Waals surface area contributed by atoms with Gasteiger partial charge in [0.2, 0.25) is 5.43 Å². The van der Waals surface area contributed by atoms with E-state index in [-0.39, 0.29) is 16.9 Å². The molecule has 2 heterocycles. The number of aryl methyl sites for hydroxylation is 2. The standard InChI is InChI=1S/C24H24FN3O4/c1-3-26-14-18(24(31)32)22(29)17-12-19(25)21(13-20(17)26)27-7-9-28(10-8-27)23(30)16-6-4-5-15(2)11-16/h4-6,11-14H,3,7-10H2,1-2H3,(H,31,32). The molecule has 0 unspecified atom stereocenters. The molecule has 1 N–H and O–H groups in total. The van der Waals surface area contributed by atoms with Crippen molar-refractivity contribution in [3.05, 3.63) is 75.3 Å². The van der Waals surface area contributed by atoms with E-state index in [2.05, 4.69) is 0 Å². The predicted octanol–water partition coefficient (Wildman–Crippen LogP) is 3.13. The van der Waals surface area contributed by atoms with Gasteiger partial charge in [-0.3, -0.25) is 9.59 Å². The average Bonchev–Trinajstić information content (AvgIpc) is 2.79. The number of benzene rings is 2. The van der Waals surface area contributed by atoms with Crippen LogP contribution in [0, 0.1) is 12.7 Å². The number of hydrogen-bond donors (Lipinski definition) is 1. The SMILES string of the molecule is CCn1cc(C(=O)O)c(=O)c2cc(F)c(N3CCN(C(=O)c4cccc(C)c4)CC3)cc21. The van der Waals surface area contributed by atoms with Gasteiger partial charge in [-0.1, -0.05) is 17.7 Å². The molecule has 0 atom stereocenters. The molecule has 3 aromatic rings. The van der Waals surface area contributed by atoms with Gasteiger partial charge in [-0.05, 0) is 38.1 Å². The summed E-state index contributed by atoms with van der Waals surface area (Å²) in [5, 5.41) is 9.34. The zero-order chi connectivity index (χ0) is 23.0. The first-order valence-corrected chi connectivity index (χ1v) is 10.5. The highest BCUT2D eigenvalue weighted by molar-refractivity contribution is 5.95. The maximum Gasteiger partial charge on any atom is 0.341 e. The van der Waals surface area contributed by atoms with Crippen molar-refractivity contribution < 1.29 is 19.1 Å². The summed E-state index contributed by atoms with van der Waals surface area (Å²) in [4.78, 5) is 40.3. The van der Waals surface area contributed by atoms with Crippen molar-refractivity contribution in [1.29, 1.82) is 0 Å². The van der Waals surface area contributed by atoms with Crippen molar-refractivity contribution in [3.63, 3.8) is 0 Å². The molecule has 0 spiro atoms. The number of anilines is 1. The minimum absolute atomic E-state index is 0.0428. The number of carboxylic acids is 1. The van der Waals surface area contributed by atoms with Gasteiger partial charge in [0.15, 0.2) is 0 Å². The zero-order valence-electron chi connectivity index (χ0n) is 18.0. The van der Waals surface area contributed by atoms with E-state index in [1.807, 2.05) is 36.9 Å². The zero-order valence-corrected chi connectivity index (χ0v) is 18.0. The molecule has 166 valence electrons. The summed E-state index contributed by atoms with van der Waals surface area (Å²) in [7, 11) is 0. The number of carboxylic acid groups (broad SMARTS) is 1. The Hall–Kier alpha value is -3.68. The minimum Gasteiger partial charge on any atom is -0.477 e. The van der Waals surface area contributed by atoms with Gasteiger partial charge in [0.05, 0.1) is 11.2 Å². The van der Waals surface area contributed by atoms with Crippen LogP contribution in [0.1, 0.15) is 33.2 Å². The monoisotopic (exact) mass is 437 g/mol. The fraction of sp³-hybridized carbons (Fsp3) is 0.292. The van der Waals surface area contributed by atoms with Crippen LogP contribution >= 0.6 is 0 Å². The molecule has 0 aliphatic carbocycles. The van der Waals surface area contributed by atoms with Gasteiger partial charge in [-0.15, -0.1) is 0 Å². The molecule has 1 fully saturated rings. The highest BCUT2D eigenvalue weighted by atomic mass is 19.1. The molecule has 1 saturated heterocycles. The normalized spacial score (nSPS) is 14.1. The van der Waals surface area contributed by atoms with Crippen LogP contribution in [0.15, 0.2) is 47.4 Å². The third-order valence-electron chi connectivity index (χ3n) is 5.89. The summed E-state index contributed by atoms with van der Waals surface area (Å²) in [6.45, 7) is 5.99. The predicted molar refractivity (Wildman–Crippen MR) is 120 cm³/mol. The van der Waals surface area contributed by atoms with Gasteiger partial charge < -0.3 is 19.5 Å². The third kappa shape index (κ3) is 3.84. The lowest BCUT2D eigenvalue weighted by molar-refractivity contribution is 0.0693. The number of aromatic carboxylic acids is 1. The lowest BCUT2D eigenvalue weighted by atomic mass is 10.1. The van der Waals surface area contributed by atoms with E-state index in [1.165, 1.54) is 6.20 Å². The maximum absolute atomic E-state index is 15.0. The quantitative estimate of drug-likeness (QED) is 0.678. The van der Waals surface area contributed by atoms with Crippen molar-refractivity contribution >= 4 is 28.5 Å². The van der Waals surface area contributed by atoms with E-state index >= 15 is 0 Å². The summed E-state index contributed by atoms with van der Waals surface area (Å²) in [5.74, 6) is -1.97. The summed E-state index contributed by atoms with van der Waals surface area (Å²) in [5.41, 5.74) is 1.39. The number of hydrogen-bond acceptors (Lipinski definition) is 4. The molecule has 0 bridgehead atoms. The molecular formula is C24H24FN3O4. The second-order valence-electron chi connectivity index (χ2n) is 7.93. The molecule has 2 aromatic carbocycles. The Kier molecular flexibility index (Phi) is 5.69. The highest BCUT2D eigenvalue weighted by Crippen LogP contribution is 2.26. The van der Waals surface area contributed by atoms with Crippen LogP contribution in [0.25, 0.3) is 10.9 Å². The summed E-state index contributed by atoms with van der Waals surface area (Å²) in [6, 6.07) is 10.2. The summed E-state index contributed by atoms with van der Waals surface area (Å²) >= 11 is 0. The molecule has 1 aliphatic heterocycles. The van der Waals surface area contributed by atoms with Crippen LogP contribution < -0.4 is 10.3 Å². The van der Waals surface area contributed by atoms with Crippen LogP contribution in [0.3, 0.4) is 0 Å². The smallest absolute Gasteiger partial charge is 0.341 e. The number of carbonyl (C=O) groups excluding carboxylic acids is 1. The molecule has 0 radical (unpaired) electrons. The molecule has 0 saturated carbocycles. The van der Waals surface area contributed by atoms with Crippen molar-refractivity contribution in [2.24, 2.45) is 0 Å². The maximum atomic E-state index is 15.0. The second kappa shape index (κ2) is 8.45. The van der Waals surface area contributed by atoms with E-state index in [0.29, 0.717) is 49.5 Å². The first-order chi connectivity index (χ1) is 15.3. The van der Waals surface area contributed by atoms with Crippen LogP contribution in [0.4, 0.5) is 10.1 Å². The first-order valence-electron chi connectivity index (χ1n) is 10.5. The van der Waals surface area contributed by atoms with E-state index in [1.54, 1.807) is 21.6 Å². The first kappa shape index (κ1) is 21.5. The summed E-state index contributed by atoms with van der Waals surface area (Å²) < 4.78 is 16.6. The van der Waals surface area contributed by atoms with Gasteiger partial charge in [0.1, 0.15) is 11.4 Å². The largest absolute Gasteiger partial charge is 0.477 e. The molecule has 4 rings (SSSR count). The molecule has 1 aliphatic rings.